The highest BCUT2D eigenvalue weighted by Gasteiger charge is 2.13. The van der Waals surface area contributed by atoms with Crippen LogP contribution >= 0.6 is 15.9 Å². The van der Waals surface area contributed by atoms with Gasteiger partial charge in [0.1, 0.15) is 5.75 Å². The maximum absolute atomic E-state index is 11.0. The number of nitrogens with one attached hydrogen (secondary N) is 1. The summed E-state index contributed by atoms with van der Waals surface area (Å²) in [5.74, 6) is 0.117. The van der Waals surface area contributed by atoms with Crippen molar-refractivity contribution in [2.45, 2.75) is 20.4 Å². The molecule has 0 heterocycles. The van der Waals surface area contributed by atoms with Crippen LogP contribution in [0.5, 0.6) is 5.75 Å². The molecular weight excluding hydrogens is 296 g/mol. The molecule has 5 heteroatoms. The third-order valence-corrected chi connectivity index (χ3v) is 3.20. The summed E-state index contributed by atoms with van der Waals surface area (Å²) in [6.07, 6.45) is 0. The summed E-state index contributed by atoms with van der Waals surface area (Å²) in [4.78, 5) is 11.0. The number of primary amides is 1. The first-order valence-corrected chi connectivity index (χ1v) is 6.75. The molecule has 0 saturated heterocycles. The molecule has 1 aromatic rings. The van der Waals surface area contributed by atoms with E-state index in [2.05, 4.69) is 21.2 Å². The number of carbonyl (C=O) groups excluding carboxylic acids is 1. The molecule has 0 bridgehead atoms. The molecule has 3 N–H and O–H groups in total. The molecule has 100 valence electrons. The Bertz CT molecular complexity index is 410. The van der Waals surface area contributed by atoms with E-state index < -0.39 is 0 Å². The minimum absolute atomic E-state index is 0.289. The van der Waals surface area contributed by atoms with E-state index in [4.69, 9.17) is 10.5 Å². The van der Waals surface area contributed by atoms with Crippen LogP contribution in [0.4, 0.5) is 0 Å². The number of amides is 1. The van der Waals surface area contributed by atoms with Gasteiger partial charge in [-0.1, -0.05) is 26.0 Å². The Morgan fingerprint density at radius 1 is 1.56 bits per heavy atom. The first kappa shape index (κ1) is 15.0. The fourth-order valence-electron chi connectivity index (χ4n) is 1.40. The van der Waals surface area contributed by atoms with Crippen LogP contribution in [0.15, 0.2) is 22.7 Å². The van der Waals surface area contributed by atoms with E-state index in [1.165, 1.54) is 0 Å². The van der Waals surface area contributed by atoms with Gasteiger partial charge in [0.2, 0.25) is 5.91 Å². The average Bonchev–Trinajstić information content (AvgIpc) is 2.34. The molecule has 1 amide bonds. The molecule has 1 atom stereocenters. The van der Waals surface area contributed by atoms with E-state index in [0.29, 0.717) is 0 Å². The zero-order valence-corrected chi connectivity index (χ0v) is 12.3. The van der Waals surface area contributed by atoms with Gasteiger partial charge in [-0.25, -0.2) is 0 Å². The van der Waals surface area contributed by atoms with Crippen LogP contribution in [0.25, 0.3) is 0 Å². The Hall–Kier alpha value is -1.07. The van der Waals surface area contributed by atoms with Crippen LogP contribution in [0, 0.1) is 5.92 Å². The Balaban J connectivity index is 2.76. The molecule has 0 aliphatic carbocycles. The summed E-state index contributed by atoms with van der Waals surface area (Å²) in [7, 11) is 0. The summed E-state index contributed by atoms with van der Waals surface area (Å²) < 4.78 is 6.58. The number of nitrogens with two attached hydrogens (primary N) is 1. The molecule has 4 nitrogen and oxygen atoms in total. The molecule has 0 fully saturated rings. The van der Waals surface area contributed by atoms with Crippen molar-refractivity contribution in [3.63, 3.8) is 0 Å². The maximum Gasteiger partial charge on any atom is 0.223 e. The van der Waals surface area contributed by atoms with Gasteiger partial charge in [-0.3, -0.25) is 4.79 Å². The second kappa shape index (κ2) is 7.38. The van der Waals surface area contributed by atoms with Gasteiger partial charge in [-0.05, 0) is 28.5 Å². The minimum Gasteiger partial charge on any atom is -0.491 e. The highest BCUT2D eigenvalue weighted by atomic mass is 79.9. The molecule has 0 radical (unpaired) electrons. The SMILES string of the molecule is CCNCc1cccc(Br)c1OCC(C)C(N)=O. The maximum atomic E-state index is 11.0. The number of hydrogen-bond donors (Lipinski definition) is 2. The fourth-order valence-corrected chi connectivity index (χ4v) is 1.93. The monoisotopic (exact) mass is 314 g/mol. The Morgan fingerprint density at radius 2 is 2.28 bits per heavy atom. The number of para-hydroxylation sites is 1. The summed E-state index contributed by atoms with van der Waals surface area (Å²) in [6.45, 7) is 5.72. The van der Waals surface area contributed by atoms with Gasteiger partial charge in [0, 0.05) is 12.1 Å². The van der Waals surface area contributed by atoms with Crippen LogP contribution in [0.3, 0.4) is 0 Å². The first-order chi connectivity index (χ1) is 8.56. The standard InChI is InChI=1S/C13H19BrN2O2/c1-3-16-7-10-5-4-6-11(14)12(10)18-8-9(2)13(15)17/h4-6,9,16H,3,7-8H2,1-2H3,(H2,15,17). The van der Waals surface area contributed by atoms with Crippen molar-refractivity contribution >= 4 is 21.8 Å². The number of benzene rings is 1. The van der Waals surface area contributed by atoms with Gasteiger partial charge in [-0.15, -0.1) is 0 Å². The van der Waals surface area contributed by atoms with Crippen molar-refractivity contribution < 1.29 is 9.53 Å². The molecule has 0 aromatic heterocycles. The lowest BCUT2D eigenvalue weighted by molar-refractivity contribution is -0.122. The average molecular weight is 315 g/mol. The van der Waals surface area contributed by atoms with Crippen LogP contribution in [-0.2, 0) is 11.3 Å². The van der Waals surface area contributed by atoms with Gasteiger partial charge in [0.15, 0.2) is 0 Å². The third kappa shape index (κ3) is 4.31. The van der Waals surface area contributed by atoms with E-state index in [1.54, 1.807) is 6.92 Å². The van der Waals surface area contributed by atoms with Crippen LogP contribution < -0.4 is 15.8 Å². The lowest BCUT2D eigenvalue weighted by Gasteiger charge is -2.15. The van der Waals surface area contributed by atoms with Gasteiger partial charge >= 0.3 is 0 Å². The van der Waals surface area contributed by atoms with Gasteiger partial charge in [0.05, 0.1) is 17.0 Å². The van der Waals surface area contributed by atoms with E-state index in [0.717, 1.165) is 28.9 Å². The topological polar surface area (TPSA) is 64.3 Å². The Kier molecular flexibility index (Phi) is 6.15. The predicted molar refractivity (Wildman–Crippen MR) is 75.4 cm³/mol. The highest BCUT2D eigenvalue weighted by Crippen LogP contribution is 2.29. The summed E-state index contributed by atoms with van der Waals surface area (Å²) >= 11 is 3.46. The zero-order valence-electron chi connectivity index (χ0n) is 10.7. The lowest BCUT2D eigenvalue weighted by Crippen LogP contribution is -2.26. The predicted octanol–water partition coefficient (Wildman–Crippen LogP) is 2.06. The van der Waals surface area contributed by atoms with Gasteiger partial charge in [-0.2, -0.15) is 0 Å². The number of carbonyl (C=O) groups is 1. The zero-order chi connectivity index (χ0) is 13.5. The van der Waals surface area contributed by atoms with E-state index in [1.807, 2.05) is 25.1 Å². The molecular formula is C13H19BrN2O2. The minimum atomic E-state index is -0.352. The van der Waals surface area contributed by atoms with E-state index >= 15 is 0 Å². The van der Waals surface area contributed by atoms with Crippen molar-refractivity contribution in [2.24, 2.45) is 11.7 Å². The number of rotatable bonds is 7. The van der Waals surface area contributed by atoms with Crippen LogP contribution in [-0.4, -0.2) is 19.1 Å². The van der Waals surface area contributed by atoms with Gasteiger partial charge < -0.3 is 15.8 Å². The highest BCUT2D eigenvalue weighted by molar-refractivity contribution is 9.10. The Morgan fingerprint density at radius 3 is 2.89 bits per heavy atom. The van der Waals surface area contributed by atoms with Crippen molar-refractivity contribution in [3.8, 4) is 5.75 Å². The summed E-state index contributed by atoms with van der Waals surface area (Å²) in [5, 5.41) is 3.25. The second-order valence-electron chi connectivity index (χ2n) is 4.12. The molecule has 1 aromatic carbocycles. The lowest BCUT2D eigenvalue weighted by atomic mass is 10.1. The second-order valence-corrected chi connectivity index (χ2v) is 4.98. The van der Waals surface area contributed by atoms with Crippen LogP contribution in [0.2, 0.25) is 0 Å². The molecule has 1 unspecified atom stereocenters. The molecule has 0 saturated carbocycles. The van der Waals surface area contributed by atoms with Crippen molar-refractivity contribution in [2.75, 3.05) is 13.2 Å². The molecule has 1 rings (SSSR count). The Labute approximate surface area is 116 Å². The number of ether oxygens (including phenoxy) is 1. The van der Waals surface area contributed by atoms with Crippen LogP contribution in [0.1, 0.15) is 19.4 Å². The van der Waals surface area contributed by atoms with Crippen molar-refractivity contribution in [1.29, 1.82) is 0 Å². The quantitative estimate of drug-likeness (QED) is 0.809. The molecule has 0 aliphatic heterocycles. The molecule has 18 heavy (non-hydrogen) atoms. The van der Waals surface area contributed by atoms with Crippen molar-refractivity contribution in [3.05, 3.63) is 28.2 Å². The fraction of sp³-hybridized carbons (Fsp3) is 0.462. The third-order valence-electron chi connectivity index (χ3n) is 2.58. The van der Waals surface area contributed by atoms with E-state index in [-0.39, 0.29) is 18.4 Å². The van der Waals surface area contributed by atoms with E-state index in [9.17, 15) is 4.79 Å². The number of hydrogen-bond acceptors (Lipinski definition) is 3. The number of halogens is 1. The largest absolute Gasteiger partial charge is 0.491 e. The van der Waals surface area contributed by atoms with Gasteiger partial charge in [0.25, 0.3) is 0 Å². The normalized spacial score (nSPS) is 12.2. The summed E-state index contributed by atoms with van der Waals surface area (Å²) in [6, 6.07) is 5.87. The molecule has 0 aliphatic rings. The van der Waals surface area contributed by atoms with Crippen molar-refractivity contribution in [1.82, 2.24) is 5.32 Å². The smallest absolute Gasteiger partial charge is 0.223 e. The summed E-state index contributed by atoms with van der Waals surface area (Å²) in [5.41, 5.74) is 6.27. The molecule has 0 spiro atoms. The first-order valence-electron chi connectivity index (χ1n) is 5.96.